The Morgan fingerprint density at radius 3 is 2.68 bits per heavy atom. The first-order valence-corrected chi connectivity index (χ1v) is 7.25. The van der Waals surface area contributed by atoms with Crippen LogP contribution in [0.1, 0.15) is 5.56 Å². The fourth-order valence-corrected chi connectivity index (χ4v) is 3.21. The molecule has 0 atom stereocenters. The number of sulfonamides is 1. The summed E-state index contributed by atoms with van der Waals surface area (Å²) in [4.78, 5) is 3.89. The van der Waals surface area contributed by atoms with Gasteiger partial charge in [0, 0.05) is 18.1 Å². The average molecular weight is 298 g/mol. The molecule has 0 saturated carbocycles. The van der Waals surface area contributed by atoms with Crippen molar-refractivity contribution in [2.75, 3.05) is 10.5 Å². The minimum absolute atomic E-state index is 0.0143. The molecule has 1 heterocycles. The molecule has 0 saturated heterocycles. The number of hydrogen-bond donors (Lipinski definition) is 2. The van der Waals surface area contributed by atoms with Gasteiger partial charge in [0.1, 0.15) is 4.90 Å². The fraction of sp³-hybridized carbons (Fsp3) is 0.0833. The molecule has 0 aliphatic heterocycles. The Bertz CT molecular complexity index is 717. The maximum atomic E-state index is 12.2. The number of nitrogen functional groups attached to an aromatic ring is 1. The Morgan fingerprint density at radius 1 is 1.32 bits per heavy atom. The topological polar surface area (TPSA) is 85.1 Å². The van der Waals surface area contributed by atoms with Crippen LogP contribution in [0.25, 0.3) is 0 Å². The molecular weight excluding hydrogens is 286 g/mol. The predicted octanol–water partition coefficient (Wildman–Crippen LogP) is 2.43. The third kappa shape index (κ3) is 2.97. The molecule has 0 aliphatic carbocycles. The van der Waals surface area contributed by atoms with Crippen molar-refractivity contribution >= 4 is 33.0 Å². The van der Waals surface area contributed by atoms with Crippen molar-refractivity contribution in [3.05, 3.63) is 47.2 Å². The summed E-state index contributed by atoms with van der Waals surface area (Å²) in [6.07, 6.45) is 3.08. The van der Waals surface area contributed by atoms with Crippen molar-refractivity contribution in [1.29, 1.82) is 0 Å². The van der Waals surface area contributed by atoms with Crippen LogP contribution in [0, 0.1) is 6.92 Å². The summed E-state index contributed by atoms with van der Waals surface area (Å²) in [6.45, 7) is 1.76. The lowest BCUT2D eigenvalue weighted by atomic mass is 10.3. The number of anilines is 2. The van der Waals surface area contributed by atoms with Gasteiger partial charge in [-0.15, -0.1) is 0 Å². The number of rotatable bonds is 3. The first kappa shape index (κ1) is 13.6. The van der Waals surface area contributed by atoms with Crippen molar-refractivity contribution < 1.29 is 8.42 Å². The molecule has 0 aliphatic rings. The van der Waals surface area contributed by atoms with Crippen LogP contribution in [0.5, 0.6) is 0 Å². The van der Waals surface area contributed by atoms with Crippen LogP contribution in [0.2, 0.25) is 5.02 Å². The van der Waals surface area contributed by atoms with E-state index in [0.717, 1.165) is 5.56 Å². The molecule has 0 fully saturated rings. The smallest absolute Gasteiger partial charge is 0.263 e. The van der Waals surface area contributed by atoms with E-state index in [4.69, 9.17) is 17.3 Å². The third-order valence-corrected chi connectivity index (χ3v) is 4.36. The van der Waals surface area contributed by atoms with Crippen LogP contribution in [0.4, 0.5) is 11.4 Å². The molecule has 0 amide bonds. The van der Waals surface area contributed by atoms with Gasteiger partial charge in [-0.1, -0.05) is 11.6 Å². The average Bonchev–Trinajstić information content (AvgIpc) is 2.31. The zero-order valence-electron chi connectivity index (χ0n) is 10.1. The standard InChI is InChI=1S/C12H12ClN3O2S/c1-8-7-15-5-4-11(8)16-19(17,18)12-3-2-9(14)6-10(12)13/h2-7H,14H2,1H3,(H,15,16). The molecule has 3 N–H and O–H groups in total. The molecule has 1 aromatic carbocycles. The molecule has 1 aromatic heterocycles. The largest absolute Gasteiger partial charge is 0.399 e. The molecule has 100 valence electrons. The molecule has 7 heteroatoms. The van der Waals surface area contributed by atoms with Crippen molar-refractivity contribution in [2.24, 2.45) is 0 Å². The lowest BCUT2D eigenvalue weighted by Crippen LogP contribution is -2.14. The summed E-state index contributed by atoms with van der Waals surface area (Å²) in [7, 11) is -3.75. The van der Waals surface area contributed by atoms with E-state index in [1.54, 1.807) is 19.2 Å². The van der Waals surface area contributed by atoms with Crippen LogP contribution in [-0.4, -0.2) is 13.4 Å². The number of benzene rings is 1. The Kier molecular flexibility index (Phi) is 3.64. The summed E-state index contributed by atoms with van der Waals surface area (Å²) in [5.74, 6) is 0. The van der Waals surface area contributed by atoms with Gasteiger partial charge in [-0.25, -0.2) is 8.42 Å². The molecule has 0 radical (unpaired) electrons. The van der Waals surface area contributed by atoms with Gasteiger partial charge >= 0.3 is 0 Å². The first-order valence-electron chi connectivity index (χ1n) is 5.38. The molecule has 5 nitrogen and oxygen atoms in total. The second-order valence-electron chi connectivity index (χ2n) is 3.99. The van der Waals surface area contributed by atoms with E-state index in [1.807, 2.05) is 0 Å². The van der Waals surface area contributed by atoms with E-state index >= 15 is 0 Å². The van der Waals surface area contributed by atoms with Crippen LogP contribution in [0.3, 0.4) is 0 Å². The second-order valence-corrected chi connectivity index (χ2v) is 6.04. The van der Waals surface area contributed by atoms with E-state index in [9.17, 15) is 8.42 Å². The van der Waals surface area contributed by atoms with E-state index < -0.39 is 10.0 Å². The van der Waals surface area contributed by atoms with Crippen LogP contribution in [0.15, 0.2) is 41.6 Å². The number of nitrogens with two attached hydrogens (primary N) is 1. The lowest BCUT2D eigenvalue weighted by Gasteiger charge is -2.11. The summed E-state index contributed by atoms with van der Waals surface area (Å²) in [5, 5.41) is 0.0826. The van der Waals surface area contributed by atoms with E-state index in [0.29, 0.717) is 11.4 Å². The van der Waals surface area contributed by atoms with Gasteiger partial charge in [0.15, 0.2) is 0 Å². The monoisotopic (exact) mass is 297 g/mol. The van der Waals surface area contributed by atoms with Gasteiger partial charge in [-0.3, -0.25) is 9.71 Å². The molecule has 0 unspecified atom stereocenters. The van der Waals surface area contributed by atoms with Crippen LogP contribution >= 0.6 is 11.6 Å². The lowest BCUT2D eigenvalue weighted by molar-refractivity contribution is 0.601. The number of nitrogens with zero attached hydrogens (tertiary/aromatic N) is 1. The van der Waals surface area contributed by atoms with Crippen LogP contribution in [-0.2, 0) is 10.0 Å². The molecular formula is C12H12ClN3O2S. The number of halogens is 1. The summed E-state index contributed by atoms with van der Waals surface area (Å²) in [5.41, 5.74) is 7.13. The van der Waals surface area contributed by atoms with Gasteiger partial charge in [-0.2, -0.15) is 0 Å². The van der Waals surface area contributed by atoms with E-state index in [-0.39, 0.29) is 9.92 Å². The predicted molar refractivity (Wildman–Crippen MR) is 75.6 cm³/mol. The number of nitrogens with one attached hydrogen (secondary N) is 1. The van der Waals surface area contributed by atoms with Crippen molar-refractivity contribution in [3.63, 3.8) is 0 Å². The Balaban J connectivity index is 2.41. The number of hydrogen-bond acceptors (Lipinski definition) is 4. The number of aromatic nitrogens is 1. The zero-order chi connectivity index (χ0) is 14.0. The Hall–Kier alpha value is -1.79. The highest BCUT2D eigenvalue weighted by molar-refractivity contribution is 7.92. The molecule has 2 rings (SSSR count). The van der Waals surface area contributed by atoms with Gasteiger partial charge in [0.05, 0.1) is 10.7 Å². The van der Waals surface area contributed by atoms with E-state index in [1.165, 1.54) is 24.4 Å². The Morgan fingerprint density at radius 2 is 2.05 bits per heavy atom. The van der Waals surface area contributed by atoms with Gasteiger partial charge in [0.25, 0.3) is 10.0 Å². The normalized spacial score (nSPS) is 11.3. The molecule has 0 spiro atoms. The quantitative estimate of drug-likeness (QED) is 0.852. The molecule has 19 heavy (non-hydrogen) atoms. The zero-order valence-corrected chi connectivity index (χ0v) is 11.7. The van der Waals surface area contributed by atoms with Crippen LogP contribution < -0.4 is 10.5 Å². The van der Waals surface area contributed by atoms with Crippen molar-refractivity contribution in [1.82, 2.24) is 4.98 Å². The first-order chi connectivity index (χ1) is 8.90. The second kappa shape index (κ2) is 5.07. The summed E-state index contributed by atoms with van der Waals surface area (Å²) < 4.78 is 26.9. The summed E-state index contributed by atoms with van der Waals surface area (Å²) in [6, 6.07) is 5.84. The maximum Gasteiger partial charge on any atom is 0.263 e. The maximum absolute atomic E-state index is 12.2. The van der Waals surface area contributed by atoms with Gasteiger partial charge in [-0.05, 0) is 36.8 Å². The number of pyridine rings is 1. The molecule has 0 bridgehead atoms. The fourth-order valence-electron chi connectivity index (χ4n) is 1.52. The third-order valence-electron chi connectivity index (χ3n) is 2.51. The minimum atomic E-state index is -3.75. The SMILES string of the molecule is Cc1cnccc1NS(=O)(=O)c1ccc(N)cc1Cl. The minimum Gasteiger partial charge on any atom is -0.399 e. The highest BCUT2D eigenvalue weighted by atomic mass is 35.5. The molecule has 2 aromatic rings. The summed E-state index contributed by atoms with van der Waals surface area (Å²) >= 11 is 5.91. The van der Waals surface area contributed by atoms with Gasteiger partial charge in [0.2, 0.25) is 0 Å². The highest BCUT2D eigenvalue weighted by Crippen LogP contribution is 2.26. The number of aryl methyl sites for hydroxylation is 1. The van der Waals surface area contributed by atoms with E-state index in [2.05, 4.69) is 9.71 Å². The highest BCUT2D eigenvalue weighted by Gasteiger charge is 2.18. The van der Waals surface area contributed by atoms with Crippen molar-refractivity contribution in [2.45, 2.75) is 11.8 Å². The Labute approximate surface area is 116 Å². The van der Waals surface area contributed by atoms with Crippen molar-refractivity contribution in [3.8, 4) is 0 Å². The van der Waals surface area contributed by atoms with Gasteiger partial charge < -0.3 is 5.73 Å².